The Labute approximate surface area is 222 Å². The number of aromatic amines is 1. The van der Waals surface area contributed by atoms with E-state index in [1.54, 1.807) is 0 Å². The summed E-state index contributed by atoms with van der Waals surface area (Å²) >= 11 is 1.90. The molecule has 1 fully saturated rings. The normalized spacial score (nSPS) is 18.7. The summed E-state index contributed by atoms with van der Waals surface area (Å²) in [5.74, 6) is 0. The fourth-order valence-electron chi connectivity index (χ4n) is 5.11. The Kier molecular flexibility index (Phi) is 7.20. The molecule has 1 aromatic heterocycles. The number of nitrogens with zero attached hydrogens (tertiary/aromatic N) is 2. The molecule has 0 aliphatic carbocycles. The van der Waals surface area contributed by atoms with Gasteiger partial charge >= 0.3 is 5.69 Å². The number of hydrogen-bond donors (Lipinski definition) is 2. The van der Waals surface area contributed by atoms with Crippen LogP contribution in [0.1, 0.15) is 22.9 Å². The third-order valence-electron chi connectivity index (χ3n) is 6.64. The molecule has 3 aromatic carbocycles. The fraction of sp³-hybridized carbons (Fsp3) is 0.214. The summed E-state index contributed by atoms with van der Waals surface area (Å²) < 4.78 is 7.97. The maximum atomic E-state index is 12.8. The molecule has 184 valence electrons. The number of aliphatic hydroxyl groups excluding tert-OH is 1. The van der Waals surface area contributed by atoms with Crippen molar-refractivity contribution in [3.63, 3.8) is 0 Å². The van der Waals surface area contributed by atoms with E-state index in [2.05, 4.69) is 46.3 Å². The lowest BCUT2D eigenvalue weighted by atomic mass is 9.75. The molecule has 1 aliphatic rings. The van der Waals surface area contributed by atoms with Crippen molar-refractivity contribution in [3.05, 3.63) is 138 Å². The number of aliphatic hydroxyl groups is 1. The molecule has 0 saturated carbocycles. The second-order valence-corrected chi connectivity index (χ2v) is 9.91. The van der Waals surface area contributed by atoms with Gasteiger partial charge in [-0.05, 0) is 39.3 Å². The van der Waals surface area contributed by atoms with Gasteiger partial charge in [0.15, 0.2) is 6.23 Å². The molecule has 0 spiro atoms. The summed E-state index contributed by atoms with van der Waals surface area (Å²) in [6, 6.07) is 30.7. The van der Waals surface area contributed by atoms with Crippen LogP contribution in [0.25, 0.3) is 0 Å². The van der Waals surface area contributed by atoms with E-state index in [-0.39, 0.29) is 6.61 Å². The van der Waals surface area contributed by atoms with E-state index < -0.39 is 29.1 Å². The molecular formula is C28H26IN3O4. The molecule has 2 atom stereocenters. The van der Waals surface area contributed by atoms with Crippen molar-refractivity contribution in [1.29, 1.82) is 0 Å². The van der Waals surface area contributed by atoms with Crippen molar-refractivity contribution in [3.8, 4) is 0 Å². The maximum Gasteiger partial charge on any atom is 0.330 e. The minimum atomic E-state index is -0.724. The van der Waals surface area contributed by atoms with Crippen LogP contribution in [0, 0.1) is 3.57 Å². The molecule has 0 bridgehead atoms. The number of rotatable bonds is 6. The highest BCUT2D eigenvalue weighted by molar-refractivity contribution is 14.1. The first-order valence-electron chi connectivity index (χ1n) is 11.7. The first-order chi connectivity index (χ1) is 17.5. The minimum Gasteiger partial charge on any atom is -0.394 e. The molecule has 36 heavy (non-hydrogen) atoms. The third kappa shape index (κ3) is 4.45. The lowest BCUT2D eigenvalue weighted by molar-refractivity contribution is -0.151. The highest BCUT2D eigenvalue weighted by atomic mass is 127. The number of H-pyrrole nitrogens is 1. The number of benzene rings is 3. The Balaban J connectivity index is 1.74. The molecule has 0 radical (unpaired) electrons. The second kappa shape index (κ2) is 10.5. The Bertz CT molecular complexity index is 1330. The van der Waals surface area contributed by atoms with E-state index in [0.29, 0.717) is 16.7 Å². The van der Waals surface area contributed by atoms with E-state index >= 15 is 0 Å². The zero-order valence-corrected chi connectivity index (χ0v) is 21.6. The Morgan fingerprint density at radius 3 is 1.83 bits per heavy atom. The van der Waals surface area contributed by atoms with Gasteiger partial charge < -0.3 is 9.84 Å². The van der Waals surface area contributed by atoms with Crippen LogP contribution >= 0.6 is 22.6 Å². The Morgan fingerprint density at radius 1 is 0.861 bits per heavy atom. The zero-order valence-electron chi connectivity index (χ0n) is 19.5. The average molecular weight is 595 g/mol. The van der Waals surface area contributed by atoms with Gasteiger partial charge in [-0.15, -0.1) is 0 Å². The van der Waals surface area contributed by atoms with Crippen LogP contribution in [-0.4, -0.2) is 45.4 Å². The van der Waals surface area contributed by atoms with Crippen LogP contribution in [0.4, 0.5) is 0 Å². The number of nitrogens with one attached hydrogen (secondary N) is 1. The third-order valence-corrected chi connectivity index (χ3v) is 7.41. The standard InChI is InChI=1S/C28H26IN3O4/c29-24-17-32(27(35)30-26(24)34)25-18-31(16-23(19-33)36-25)28(20-10-4-1-5-11-20,21-12-6-2-7-13-21)22-14-8-3-9-15-22/h1-15,17,23,25,33H,16,18-19H2,(H,30,34,35). The fourth-order valence-corrected chi connectivity index (χ4v) is 5.54. The molecule has 2 heterocycles. The van der Waals surface area contributed by atoms with Gasteiger partial charge in [0, 0.05) is 19.3 Å². The lowest BCUT2D eigenvalue weighted by Crippen LogP contribution is -2.58. The maximum absolute atomic E-state index is 12.8. The van der Waals surface area contributed by atoms with Crippen LogP contribution in [-0.2, 0) is 10.3 Å². The van der Waals surface area contributed by atoms with Gasteiger partial charge in [0.1, 0.15) is 0 Å². The van der Waals surface area contributed by atoms with Gasteiger partial charge in [-0.25, -0.2) is 4.79 Å². The summed E-state index contributed by atoms with van der Waals surface area (Å²) in [7, 11) is 0. The van der Waals surface area contributed by atoms with E-state index in [1.807, 2.05) is 77.2 Å². The molecular weight excluding hydrogens is 569 g/mol. The molecule has 7 nitrogen and oxygen atoms in total. The number of morpholine rings is 1. The van der Waals surface area contributed by atoms with E-state index in [0.717, 1.165) is 16.7 Å². The topological polar surface area (TPSA) is 87.6 Å². The predicted molar refractivity (Wildman–Crippen MR) is 146 cm³/mol. The highest BCUT2D eigenvalue weighted by Crippen LogP contribution is 2.44. The summed E-state index contributed by atoms with van der Waals surface area (Å²) in [5.41, 5.74) is 1.47. The van der Waals surface area contributed by atoms with Crippen LogP contribution in [0.15, 0.2) is 107 Å². The number of hydrogen-bond acceptors (Lipinski definition) is 5. The quantitative estimate of drug-likeness (QED) is 0.264. The van der Waals surface area contributed by atoms with Gasteiger partial charge in [0.25, 0.3) is 5.56 Å². The smallest absolute Gasteiger partial charge is 0.330 e. The molecule has 2 N–H and O–H groups in total. The largest absolute Gasteiger partial charge is 0.394 e. The molecule has 1 saturated heterocycles. The highest BCUT2D eigenvalue weighted by Gasteiger charge is 2.46. The number of halogens is 1. The first-order valence-corrected chi connectivity index (χ1v) is 12.8. The van der Waals surface area contributed by atoms with Gasteiger partial charge in [-0.1, -0.05) is 91.0 Å². The van der Waals surface area contributed by atoms with Gasteiger partial charge in [0.05, 0.1) is 21.8 Å². The van der Waals surface area contributed by atoms with Crippen molar-refractivity contribution in [2.45, 2.75) is 17.9 Å². The first kappa shape index (κ1) is 24.6. The SMILES string of the molecule is O=c1[nH]c(=O)n(C2CN(C(c3ccccc3)(c3ccccc3)c3ccccc3)CC(CO)O2)cc1I. The van der Waals surface area contributed by atoms with Gasteiger partial charge in [-0.3, -0.25) is 19.2 Å². The monoisotopic (exact) mass is 595 g/mol. The minimum absolute atomic E-state index is 0.212. The van der Waals surface area contributed by atoms with Crippen molar-refractivity contribution in [2.75, 3.05) is 19.7 Å². The summed E-state index contributed by atoms with van der Waals surface area (Å²) in [6.07, 6.45) is 0.250. The van der Waals surface area contributed by atoms with Gasteiger partial charge in [-0.2, -0.15) is 0 Å². The number of aromatic nitrogens is 2. The summed E-state index contributed by atoms with van der Waals surface area (Å²) in [4.78, 5) is 29.4. The predicted octanol–water partition coefficient (Wildman–Crippen LogP) is 3.33. The van der Waals surface area contributed by atoms with E-state index in [1.165, 1.54) is 10.8 Å². The van der Waals surface area contributed by atoms with E-state index in [9.17, 15) is 14.7 Å². The van der Waals surface area contributed by atoms with Crippen LogP contribution in [0.5, 0.6) is 0 Å². The van der Waals surface area contributed by atoms with Crippen molar-refractivity contribution in [1.82, 2.24) is 14.5 Å². The van der Waals surface area contributed by atoms with Crippen molar-refractivity contribution < 1.29 is 9.84 Å². The summed E-state index contributed by atoms with van der Waals surface area (Å²) in [5, 5.41) is 10.2. The molecule has 1 aliphatic heterocycles. The number of ether oxygens (including phenoxy) is 1. The molecule has 5 rings (SSSR count). The molecule has 0 amide bonds. The zero-order chi connectivity index (χ0) is 25.1. The van der Waals surface area contributed by atoms with Crippen LogP contribution in [0.2, 0.25) is 0 Å². The average Bonchev–Trinajstić information content (AvgIpc) is 2.93. The van der Waals surface area contributed by atoms with Crippen LogP contribution < -0.4 is 11.2 Å². The van der Waals surface area contributed by atoms with Crippen LogP contribution in [0.3, 0.4) is 0 Å². The lowest BCUT2D eigenvalue weighted by Gasteiger charge is -2.50. The van der Waals surface area contributed by atoms with Crippen molar-refractivity contribution >= 4 is 22.6 Å². The summed E-state index contributed by atoms with van der Waals surface area (Å²) in [6.45, 7) is 0.564. The Morgan fingerprint density at radius 2 is 1.36 bits per heavy atom. The molecule has 4 aromatic rings. The van der Waals surface area contributed by atoms with Crippen molar-refractivity contribution in [2.24, 2.45) is 0 Å². The molecule has 2 unspecified atom stereocenters. The van der Waals surface area contributed by atoms with Gasteiger partial charge in [0.2, 0.25) is 0 Å². The van der Waals surface area contributed by atoms with E-state index in [4.69, 9.17) is 4.74 Å². The molecule has 8 heteroatoms. The second-order valence-electron chi connectivity index (χ2n) is 8.75. The Hall–Kier alpha value is -3.05.